The fraction of sp³-hybridized carbons (Fsp3) is 0.154. The molecule has 0 saturated carbocycles. The lowest BCUT2D eigenvalue weighted by atomic mass is 10.1. The van der Waals surface area contributed by atoms with Gasteiger partial charge in [0.25, 0.3) is 5.91 Å². The van der Waals surface area contributed by atoms with E-state index in [1.165, 1.54) is 0 Å². The number of fused-ring (bicyclic) bond motifs is 1. The number of aryl methyl sites for hydroxylation is 1. The molecule has 1 heterocycles. The zero-order valence-corrected chi connectivity index (χ0v) is 17.5. The van der Waals surface area contributed by atoms with E-state index in [9.17, 15) is 9.59 Å². The van der Waals surface area contributed by atoms with E-state index in [0.29, 0.717) is 12.1 Å². The normalized spacial score (nSPS) is 10.7. The number of aromatic nitrogens is 1. The van der Waals surface area contributed by atoms with Gasteiger partial charge in [0.1, 0.15) is 0 Å². The van der Waals surface area contributed by atoms with Gasteiger partial charge in [-0.1, -0.05) is 73.7 Å². The van der Waals surface area contributed by atoms with Crippen LogP contribution < -0.4 is 10.6 Å². The molecule has 1 aromatic heterocycles. The van der Waals surface area contributed by atoms with Crippen molar-refractivity contribution in [2.75, 3.05) is 11.9 Å². The minimum absolute atomic E-state index is 0.0882. The Hall–Kier alpha value is -3.86. The molecule has 0 unspecified atom stereocenters. The predicted octanol–water partition coefficient (Wildman–Crippen LogP) is 4.62. The van der Waals surface area contributed by atoms with Gasteiger partial charge in [0.15, 0.2) is 0 Å². The molecule has 5 heteroatoms. The molecule has 3 aromatic carbocycles. The molecule has 0 aliphatic heterocycles. The van der Waals surface area contributed by atoms with Gasteiger partial charge < -0.3 is 15.2 Å². The van der Waals surface area contributed by atoms with Crippen LogP contribution in [0, 0.1) is 0 Å². The first-order valence-electron chi connectivity index (χ1n) is 10.4. The van der Waals surface area contributed by atoms with Crippen LogP contribution in [0.15, 0.2) is 85.1 Å². The van der Waals surface area contributed by atoms with E-state index in [0.717, 1.165) is 34.1 Å². The molecule has 0 radical (unpaired) electrons. The Morgan fingerprint density at radius 1 is 0.871 bits per heavy atom. The molecular formula is C26H25N3O2. The highest BCUT2D eigenvalue weighted by atomic mass is 16.2. The summed E-state index contributed by atoms with van der Waals surface area (Å²) in [7, 11) is 0. The lowest BCUT2D eigenvalue weighted by molar-refractivity contribution is -0.115. The lowest BCUT2D eigenvalue weighted by Gasteiger charge is -2.10. The minimum Gasteiger partial charge on any atom is -0.343 e. The van der Waals surface area contributed by atoms with Crippen molar-refractivity contribution in [2.45, 2.75) is 19.9 Å². The summed E-state index contributed by atoms with van der Waals surface area (Å²) in [6.07, 6.45) is 2.68. The van der Waals surface area contributed by atoms with Gasteiger partial charge in [-0.15, -0.1) is 0 Å². The standard InChI is InChI=1S/C26H25N3O2/c1-2-20-12-6-8-14-23(20)28-25(30)16-27-26(31)22-18-29(17-19-10-4-3-5-11-19)24-15-9-7-13-21(22)24/h3-15,18H,2,16-17H2,1H3,(H,27,31)(H,28,30). The highest BCUT2D eigenvalue weighted by molar-refractivity contribution is 6.08. The Balaban J connectivity index is 1.48. The second-order valence-corrected chi connectivity index (χ2v) is 7.41. The van der Waals surface area contributed by atoms with Crippen molar-refractivity contribution in [2.24, 2.45) is 0 Å². The fourth-order valence-electron chi connectivity index (χ4n) is 3.74. The van der Waals surface area contributed by atoms with Crippen LogP contribution in [0.4, 0.5) is 5.69 Å². The number of hydrogen-bond donors (Lipinski definition) is 2. The van der Waals surface area contributed by atoms with Crippen molar-refractivity contribution in [3.05, 3.63) is 102 Å². The minimum atomic E-state index is -0.262. The molecule has 4 rings (SSSR count). The van der Waals surface area contributed by atoms with Crippen LogP contribution in [-0.4, -0.2) is 22.9 Å². The molecule has 4 aromatic rings. The maximum Gasteiger partial charge on any atom is 0.253 e. The number of carbonyl (C=O) groups is 2. The van der Waals surface area contributed by atoms with E-state index in [1.807, 2.05) is 79.9 Å². The molecule has 0 spiro atoms. The Kier molecular flexibility index (Phi) is 6.13. The monoisotopic (exact) mass is 411 g/mol. The van der Waals surface area contributed by atoms with Crippen LogP contribution in [-0.2, 0) is 17.8 Å². The van der Waals surface area contributed by atoms with E-state index in [1.54, 1.807) is 0 Å². The van der Waals surface area contributed by atoms with Gasteiger partial charge in [0.2, 0.25) is 5.91 Å². The van der Waals surface area contributed by atoms with Crippen molar-refractivity contribution >= 4 is 28.4 Å². The van der Waals surface area contributed by atoms with Crippen LogP contribution in [0.3, 0.4) is 0 Å². The van der Waals surface area contributed by atoms with Crippen molar-refractivity contribution in [3.8, 4) is 0 Å². The van der Waals surface area contributed by atoms with Gasteiger partial charge in [-0.3, -0.25) is 9.59 Å². The number of benzene rings is 3. The number of hydrogen-bond acceptors (Lipinski definition) is 2. The molecule has 2 N–H and O–H groups in total. The highest BCUT2D eigenvalue weighted by Gasteiger charge is 2.16. The van der Waals surface area contributed by atoms with Gasteiger partial charge >= 0.3 is 0 Å². The maximum atomic E-state index is 12.9. The predicted molar refractivity (Wildman–Crippen MR) is 124 cm³/mol. The number of nitrogens with zero attached hydrogens (tertiary/aromatic N) is 1. The van der Waals surface area contributed by atoms with Crippen LogP contribution >= 0.6 is 0 Å². The molecule has 0 atom stereocenters. The molecule has 0 aliphatic carbocycles. The zero-order chi connectivity index (χ0) is 21.6. The summed E-state index contributed by atoms with van der Waals surface area (Å²) in [4.78, 5) is 25.3. The average Bonchev–Trinajstić information content (AvgIpc) is 3.17. The number of anilines is 1. The third-order valence-corrected chi connectivity index (χ3v) is 5.31. The van der Waals surface area contributed by atoms with E-state index >= 15 is 0 Å². The first-order valence-corrected chi connectivity index (χ1v) is 10.4. The van der Waals surface area contributed by atoms with Crippen molar-refractivity contribution in [1.29, 1.82) is 0 Å². The largest absolute Gasteiger partial charge is 0.343 e. The number of para-hydroxylation sites is 2. The van der Waals surface area contributed by atoms with Crippen LogP contribution in [0.1, 0.15) is 28.4 Å². The number of rotatable bonds is 7. The fourth-order valence-corrected chi connectivity index (χ4v) is 3.74. The van der Waals surface area contributed by atoms with Gasteiger partial charge in [0, 0.05) is 29.3 Å². The summed E-state index contributed by atoms with van der Waals surface area (Å²) in [5.41, 5.74) is 4.55. The quantitative estimate of drug-likeness (QED) is 0.466. The summed E-state index contributed by atoms with van der Waals surface area (Å²) >= 11 is 0. The molecule has 5 nitrogen and oxygen atoms in total. The van der Waals surface area contributed by atoms with E-state index in [4.69, 9.17) is 0 Å². The van der Waals surface area contributed by atoms with Crippen LogP contribution in [0.25, 0.3) is 10.9 Å². The van der Waals surface area contributed by atoms with Crippen molar-refractivity contribution in [3.63, 3.8) is 0 Å². The molecule has 31 heavy (non-hydrogen) atoms. The smallest absolute Gasteiger partial charge is 0.253 e. The van der Waals surface area contributed by atoms with Gasteiger partial charge in [-0.25, -0.2) is 0 Å². The highest BCUT2D eigenvalue weighted by Crippen LogP contribution is 2.22. The second-order valence-electron chi connectivity index (χ2n) is 7.41. The molecular weight excluding hydrogens is 386 g/mol. The Bertz CT molecular complexity index is 1210. The number of carbonyl (C=O) groups excluding carboxylic acids is 2. The first kappa shape index (κ1) is 20.4. The third-order valence-electron chi connectivity index (χ3n) is 5.31. The van der Waals surface area contributed by atoms with E-state index in [2.05, 4.69) is 27.3 Å². The second kappa shape index (κ2) is 9.30. The van der Waals surface area contributed by atoms with E-state index in [-0.39, 0.29) is 18.4 Å². The molecule has 0 fully saturated rings. The first-order chi connectivity index (χ1) is 15.2. The Morgan fingerprint density at radius 2 is 1.58 bits per heavy atom. The molecule has 156 valence electrons. The summed E-state index contributed by atoms with van der Waals surface area (Å²) in [5, 5.41) is 6.51. The van der Waals surface area contributed by atoms with Gasteiger partial charge in [-0.05, 0) is 29.7 Å². The molecule has 0 saturated heterocycles. The molecule has 0 bridgehead atoms. The Labute approximate surface area is 181 Å². The summed E-state index contributed by atoms with van der Waals surface area (Å²) in [6.45, 7) is 2.62. The topological polar surface area (TPSA) is 63.1 Å². The zero-order valence-electron chi connectivity index (χ0n) is 17.5. The number of nitrogens with one attached hydrogen (secondary N) is 2. The number of amides is 2. The summed E-state index contributed by atoms with van der Waals surface area (Å²) in [5.74, 6) is -0.510. The van der Waals surface area contributed by atoms with Gasteiger partial charge in [-0.2, -0.15) is 0 Å². The van der Waals surface area contributed by atoms with E-state index < -0.39 is 0 Å². The van der Waals surface area contributed by atoms with Crippen molar-refractivity contribution in [1.82, 2.24) is 9.88 Å². The molecule has 0 aliphatic rings. The third kappa shape index (κ3) is 4.67. The SMILES string of the molecule is CCc1ccccc1NC(=O)CNC(=O)c1cn(Cc2ccccc2)c2ccccc12. The average molecular weight is 412 g/mol. The van der Waals surface area contributed by atoms with Crippen LogP contribution in [0.2, 0.25) is 0 Å². The maximum absolute atomic E-state index is 12.9. The van der Waals surface area contributed by atoms with Gasteiger partial charge in [0.05, 0.1) is 12.1 Å². The molecule has 2 amide bonds. The Morgan fingerprint density at radius 3 is 2.39 bits per heavy atom. The van der Waals surface area contributed by atoms with Crippen LogP contribution in [0.5, 0.6) is 0 Å². The summed E-state index contributed by atoms with van der Waals surface area (Å²) in [6, 6.07) is 25.6. The summed E-state index contributed by atoms with van der Waals surface area (Å²) < 4.78 is 2.07. The van der Waals surface area contributed by atoms with Crippen molar-refractivity contribution < 1.29 is 9.59 Å². The lowest BCUT2D eigenvalue weighted by Crippen LogP contribution is -2.33.